The molecule has 0 fully saturated rings. The minimum atomic E-state index is 0.296. The molecule has 2 rings (SSSR count). The van der Waals surface area contributed by atoms with Gasteiger partial charge in [-0.2, -0.15) is 0 Å². The Balaban J connectivity index is 2.70. The van der Waals surface area contributed by atoms with Crippen molar-refractivity contribution in [2.45, 2.75) is 6.54 Å². The van der Waals surface area contributed by atoms with E-state index >= 15 is 0 Å². The zero-order valence-corrected chi connectivity index (χ0v) is 6.97. The molecule has 13 heavy (non-hydrogen) atoms. The standard InChI is InChI=1S/C9H9N3O/c10-7-2-1-3-8-9(7)12(4-5-13)6-11-8/h1-3,5-6H,4,10H2. The number of fused-ring (bicyclic) bond motifs is 1. The smallest absolute Gasteiger partial charge is 0.139 e. The molecule has 0 spiro atoms. The third kappa shape index (κ3) is 1.16. The van der Waals surface area contributed by atoms with Gasteiger partial charge in [0.25, 0.3) is 0 Å². The molecule has 1 heterocycles. The number of nitrogens with two attached hydrogens (primary N) is 1. The highest BCUT2D eigenvalue weighted by atomic mass is 16.1. The molecular weight excluding hydrogens is 166 g/mol. The van der Waals surface area contributed by atoms with Crippen LogP contribution in [0.3, 0.4) is 0 Å². The second-order valence-corrected chi connectivity index (χ2v) is 2.78. The summed E-state index contributed by atoms with van der Waals surface area (Å²) in [7, 11) is 0. The first-order valence-electron chi connectivity index (χ1n) is 3.96. The molecule has 0 bridgehead atoms. The van der Waals surface area contributed by atoms with Gasteiger partial charge in [-0.05, 0) is 12.1 Å². The Bertz CT molecular complexity index is 447. The predicted octanol–water partition coefficient (Wildman–Crippen LogP) is 0.817. The Morgan fingerprint density at radius 1 is 1.54 bits per heavy atom. The molecule has 0 saturated heterocycles. The van der Waals surface area contributed by atoms with Crippen LogP contribution in [0.5, 0.6) is 0 Å². The van der Waals surface area contributed by atoms with E-state index in [1.165, 1.54) is 0 Å². The lowest BCUT2D eigenvalue weighted by Gasteiger charge is -2.00. The predicted molar refractivity (Wildman–Crippen MR) is 50.2 cm³/mol. The minimum absolute atomic E-state index is 0.296. The summed E-state index contributed by atoms with van der Waals surface area (Å²) in [6.45, 7) is 0.296. The molecule has 1 aromatic heterocycles. The second-order valence-electron chi connectivity index (χ2n) is 2.78. The molecular formula is C9H9N3O. The molecule has 0 amide bonds. The van der Waals surface area contributed by atoms with Crippen LogP contribution >= 0.6 is 0 Å². The Morgan fingerprint density at radius 3 is 3.15 bits per heavy atom. The fraction of sp³-hybridized carbons (Fsp3) is 0.111. The van der Waals surface area contributed by atoms with Gasteiger partial charge in [-0.15, -0.1) is 0 Å². The van der Waals surface area contributed by atoms with Gasteiger partial charge in [0, 0.05) is 0 Å². The van der Waals surface area contributed by atoms with Crippen LogP contribution < -0.4 is 5.73 Å². The van der Waals surface area contributed by atoms with E-state index in [0.717, 1.165) is 17.3 Å². The van der Waals surface area contributed by atoms with Crippen LogP contribution in [0.2, 0.25) is 0 Å². The van der Waals surface area contributed by atoms with Crippen LogP contribution in [0.1, 0.15) is 0 Å². The molecule has 0 aliphatic carbocycles. The number of nitrogens with zero attached hydrogens (tertiary/aromatic N) is 2. The lowest BCUT2D eigenvalue weighted by Crippen LogP contribution is -1.98. The number of para-hydroxylation sites is 1. The van der Waals surface area contributed by atoms with Crippen molar-refractivity contribution in [2.75, 3.05) is 5.73 Å². The first-order valence-corrected chi connectivity index (χ1v) is 3.96. The number of carbonyl (C=O) groups excluding carboxylic acids is 1. The maximum Gasteiger partial charge on any atom is 0.139 e. The van der Waals surface area contributed by atoms with Gasteiger partial charge in [0.05, 0.1) is 29.6 Å². The molecule has 0 radical (unpaired) electrons. The van der Waals surface area contributed by atoms with Gasteiger partial charge < -0.3 is 15.1 Å². The molecule has 0 saturated carbocycles. The fourth-order valence-corrected chi connectivity index (χ4v) is 1.37. The van der Waals surface area contributed by atoms with E-state index in [-0.39, 0.29) is 0 Å². The zero-order valence-electron chi connectivity index (χ0n) is 6.97. The quantitative estimate of drug-likeness (QED) is 0.543. The number of anilines is 1. The molecule has 0 atom stereocenters. The van der Waals surface area contributed by atoms with Gasteiger partial charge >= 0.3 is 0 Å². The van der Waals surface area contributed by atoms with E-state index in [0.29, 0.717) is 12.2 Å². The van der Waals surface area contributed by atoms with Crippen molar-refractivity contribution >= 4 is 23.0 Å². The number of imidazole rings is 1. The third-order valence-corrected chi connectivity index (χ3v) is 1.94. The highest BCUT2D eigenvalue weighted by Gasteiger charge is 2.03. The van der Waals surface area contributed by atoms with Crippen LogP contribution in [0, 0.1) is 0 Å². The normalized spacial score (nSPS) is 10.5. The first kappa shape index (κ1) is 7.79. The molecule has 0 aliphatic heterocycles. The van der Waals surface area contributed by atoms with E-state index in [1.807, 2.05) is 12.1 Å². The van der Waals surface area contributed by atoms with E-state index < -0.39 is 0 Å². The van der Waals surface area contributed by atoms with E-state index in [4.69, 9.17) is 5.73 Å². The maximum atomic E-state index is 10.3. The monoisotopic (exact) mass is 175 g/mol. The van der Waals surface area contributed by atoms with Crippen LogP contribution in [-0.4, -0.2) is 15.8 Å². The first-order chi connectivity index (χ1) is 6.33. The minimum Gasteiger partial charge on any atom is -0.397 e. The number of hydrogen-bond donors (Lipinski definition) is 1. The van der Waals surface area contributed by atoms with Crippen molar-refractivity contribution in [3.05, 3.63) is 24.5 Å². The van der Waals surface area contributed by atoms with Crippen LogP contribution in [0.4, 0.5) is 5.69 Å². The van der Waals surface area contributed by atoms with Crippen molar-refractivity contribution in [1.29, 1.82) is 0 Å². The lowest BCUT2D eigenvalue weighted by molar-refractivity contribution is -0.108. The molecule has 1 aromatic carbocycles. The summed E-state index contributed by atoms with van der Waals surface area (Å²) in [6.07, 6.45) is 2.45. The number of aldehydes is 1. The number of carbonyl (C=O) groups is 1. The Kier molecular flexibility index (Phi) is 1.73. The molecule has 2 N–H and O–H groups in total. The fourth-order valence-electron chi connectivity index (χ4n) is 1.37. The van der Waals surface area contributed by atoms with Gasteiger partial charge in [0.2, 0.25) is 0 Å². The third-order valence-electron chi connectivity index (χ3n) is 1.94. The van der Waals surface area contributed by atoms with Crippen molar-refractivity contribution in [2.24, 2.45) is 0 Å². The second kappa shape index (κ2) is 2.90. The summed E-state index contributed by atoms with van der Waals surface area (Å²) in [5.74, 6) is 0. The molecule has 66 valence electrons. The Labute approximate surface area is 75.0 Å². The van der Waals surface area contributed by atoms with Gasteiger partial charge in [0.15, 0.2) is 0 Å². The van der Waals surface area contributed by atoms with Gasteiger partial charge in [-0.1, -0.05) is 6.07 Å². The molecule has 4 nitrogen and oxygen atoms in total. The highest BCUT2D eigenvalue weighted by molar-refractivity contribution is 5.87. The molecule has 4 heteroatoms. The molecule has 0 aliphatic rings. The van der Waals surface area contributed by atoms with Gasteiger partial charge in [-0.3, -0.25) is 0 Å². The van der Waals surface area contributed by atoms with Crippen molar-refractivity contribution in [3.8, 4) is 0 Å². The Hall–Kier alpha value is -1.84. The maximum absolute atomic E-state index is 10.3. The van der Waals surface area contributed by atoms with Gasteiger partial charge in [-0.25, -0.2) is 4.98 Å². The number of benzene rings is 1. The van der Waals surface area contributed by atoms with Crippen molar-refractivity contribution in [3.63, 3.8) is 0 Å². The van der Waals surface area contributed by atoms with E-state index in [1.54, 1.807) is 17.0 Å². The van der Waals surface area contributed by atoms with Crippen LogP contribution in [0.15, 0.2) is 24.5 Å². The summed E-state index contributed by atoms with van der Waals surface area (Å²) in [5, 5.41) is 0. The van der Waals surface area contributed by atoms with Crippen LogP contribution in [0.25, 0.3) is 11.0 Å². The summed E-state index contributed by atoms with van der Waals surface area (Å²) in [5.41, 5.74) is 8.05. The van der Waals surface area contributed by atoms with Crippen LogP contribution in [-0.2, 0) is 11.3 Å². The SMILES string of the molecule is Nc1cccc2ncn(CC=O)c12. The van der Waals surface area contributed by atoms with Crippen molar-refractivity contribution in [1.82, 2.24) is 9.55 Å². The van der Waals surface area contributed by atoms with E-state index in [9.17, 15) is 4.79 Å². The lowest BCUT2D eigenvalue weighted by atomic mass is 10.3. The van der Waals surface area contributed by atoms with E-state index in [2.05, 4.69) is 4.98 Å². The summed E-state index contributed by atoms with van der Waals surface area (Å²) in [4.78, 5) is 14.5. The summed E-state index contributed by atoms with van der Waals surface area (Å²) in [6, 6.07) is 5.51. The molecule has 2 aromatic rings. The van der Waals surface area contributed by atoms with Gasteiger partial charge in [0.1, 0.15) is 6.29 Å². The average Bonchev–Trinajstić information content (AvgIpc) is 2.51. The van der Waals surface area contributed by atoms with Crippen molar-refractivity contribution < 1.29 is 4.79 Å². The number of nitrogen functional groups attached to an aromatic ring is 1. The average molecular weight is 175 g/mol. The summed E-state index contributed by atoms with van der Waals surface area (Å²) < 4.78 is 1.73. The number of aromatic nitrogens is 2. The number of hydrogen-bond acceptors (Lipinski definition) is 3. The largest absolute Gasteiger partial charge is 0.397 e. The summed E-state index contributed by atoms with van der Waals surface area (Å²) >= 11 is 0. The Morgan fingerprint density at radius 2 is 2.38 bits per heavy atom. The topological polar surface area (TPSA) is 60.9 Å². The molecule has 0 unspecified atom stereocenters. The number of rotatable bonds is 2. The zero-order chi connectivity index (χ0) is 9.26. The highest BCUT2D eigenvalue weighted by Crippen LogP contribution is 2.18.